The lowest BCUT2D eigenvalue weighted by molar-refractivity contribution is -0.114. The summed E-state index contributed by atoms with van der Waals surface area (Å²) in [7, 11) is 2.16. The van der Waals surface area contributed by atoms with Crippen LogP contribution >= 0.6 is 0 Å². The van der Waals surface area contributed by atoms with Gasteiger partial charge < -0.3 is 10.4 Å². The third-order valence-electron chi connectivity index (χ3n) is 4.38. The van der Waals surface area contributed by atoms with Gasteiger partial charge in [0.2, 0.25) is 5.91 Å². The van der Waals surface area contributed by atoms with Crippen molar-refractivity contribution in [1.29, 1.82) is 0 Å². The predicted molar refractivity (Wildman–Crippen MR) is 85.0 cm³/mol. The molecule has 1 amide bonds. The molecular weight excluding hydrogens is 264 g/mol. The predicted octanol–water partition coefficient (Wildman–Crippen LogP) is 2.63. The van der Waals surface area contributed by atoms with Gasteiger partial charge in [-0.25, -0.2) is 0 Å². The second-order valence-corrected chi connectivity index (χ2v) is 6.15. The molecule has 1 aliphatic carbocycles. The lowest BCUT2D eigenvalue weighted by atomic mass is 9.86. The Bertz CT molecular complexity index is 468. The molecular formula is C17H26N2O2. The Labute approximate surface area is 127 Å². The average Bonchev–Trinajstić information content (AvgIpc) is 2.47. The van der Waals surface area contributed by atoms with Crippen molar-refractivity contribution in [3.63, 3.8) is 0 Å². The van der Waals surface area contributed by atoms with Crippen molar-refractivity contribution in [2.45, 2.75) is 45.2 Å². The van der Waals surface area contributed by atoms with Crippen LogP contribution < -0.4 is 5.32 Å². The van der Waals surface area contributed by atoms with Gasteiger partial charge in [-0.2, -0.15) is 0 Å². The molecule has 0 radical (unpaired) electrons. The summed E-state index contributed by atoms with van der Waals surface area (Å²) in [6, 6.07) is 8.63. The van der Waals surface area contributed by atoms with Crippen molar-refractivity contribution >= 4 is 11.6 Å². The normalized spacial score (nSPS) is 22.3. The fourth-order valence-electron chi connectivity index (χ4n) is 3.14. The molecule has 1 aliphatic rings. The van der Waals surface area contributed by atoms with Gasteiger partial charge in [0.15, 0.2) is 0 Å². The number of carbonyl (C=O) groups excluding carboxylic acids is 1. The standard InChI is InChI=1S/C17H26N2O2/c1-13(21)18-16-5-3-4-15(10-16)11-19(2)17-8-6-14(12-20)7-9-17/h3-5,10,14,17,20H,6-9,11-12H2,1-2H3,(H,18,21). The van der Waals surface area contributed by atoms with E-state index in [4.69, 9.17) is 0 Å². The summed E-state index contributed by atoms with van der Waals surface area (Å²) < 4.78 is 0. The van der Waals surface area contributed by atoms with Crippen LogP contribution in [0.15, 0.2) is 24.3 Å². The maximum atomic E-state index is 11.1. The first-order valence-electron chi connectivity index (χ1n) is 7.76. The number of amides is 1. The highest BCUT2D eigenvalue weighted by Gasteiger charge is 2.23. The number of hydrogen-bond acceptors (Lipinski definition) is 3. The summed E-state index contributed by atoms with van der Waals surface area (Å²) >= 11 is 0. The molecule has 21 heavy (non-hydrogen) atoms. The number of benzene rings is 1. The fourth-order valence-corrected chi connectivity index (χ4v) is 3.14. The first kappa shape index (κ1) is 16.0. The van der Waals surface area contributed by atoms with Crippen molar-refractivity contribution in [2.75, 3.05) is 19.0 Å². The van der Waals surface area contributed by atoms with Crippen LogP contribution in [0.5, 0.6) is 0 Å². The molecule has 4 heteroatoms. The molecule has 0 saturated heterocycles. The van der Waals surface area contributed by atoms with E-state index < -0.39 is 0 Å². The van der Waals surface area contributed by atoms with E-state index in [0.29, 0.717) is 18.6 Å². The Balaban J connectivity index is 1.90. The Morgan fingerprint density at radius 2 is 2.05 bits per heavy atom. The van der Waals surface area contributed by atoms with Crippen LogP contribution in [-0.2, 0) is 11.3 Å². The largest absolute Gasteiger partial charge is 0.396 e. The van der Waals surface area contributed by atoms with Crippen LogP contribution in [0.1, 0.15) is 38.2 Å². The minimum absolute atomic E-state index is 0.0390. The highest BCUT2D eigenvalue weighted by atomic mass is 16.3. The Kier molecular flexibility index (Phi) is 5.76. The summed E-state index contributed by atoms with van der Waals surface area (Å²) in [5.74, 6) is 0.459. The van der Waals surface area contributed by atoms with Gasteiger partial charge in [0, 0.05) is 31.8 Å². The zero-order valence-electron chi connectivity index (χ0n) is 13.0. The van der Waals surface area contributed by atoms with E-state index in [0.717, 1.165) is 37.9 Å². The smallest absolute Gasteiger partial charge is 0.221 e. The van der Waals surface area contributed by atoms with E-state index in [9.17, 15) is 9.90 Å². The summed E-state index contributed by atoms with van der Waals surface area (Å²) in [4.78, 5) is 13.5. The number of aliphatic hydroxyl groups excluding tert-OH is 1. The molecule has 1 aromatic rings. The first-order chi connectivity index (χ1) is 10.1. The van der Waals surface area contributed by atoms with Gasteiger partial charge in [0.1, 0.15) is 0 Å². The minimum atomic E-state index is -0.0390. The third kappa shape index (κ3) is 4.83. The number of aliphatic hydroxyl groups is 1. The van der Waals surface area contributed by atoms with Gasteiger partial charge in [0.25, 0.3) is 0 Å². The fraction of sp³-hybridized carbons (Fsp3) is 0.588. The SMILES string of the molecule is CC(=O)Nc1cccc(CN(C)C2CCC(CO)CC2)c1. The Morgan fingerprint density at radius 3 is 2.67 bits per heavy atom. The Morgan fingerprint density at radius 1 is 1.33 bits per heavy atom. The lowest BCUT2D eigenvalue weighted by Crippen LogP contribution is -2.35. The molecule has 0 aromatic heterocycles. The quantitative estimate of drug-likeness (QED) is 0.876. The van der Waals surface area contributed by atoms with Crippen LogP contribution in [0.2, 0.25) is 0 Å². The molecule has 2 N–H and O–H groups in total. The average molecular weight is 290 g/mol. The van der Waals surface area contributed by atoms with Gasteiger partial charge >= 0.3 is 0 Å². The number of rotatable bonds is 5. The molecule has 1 aromatic carbocycles. The maximum absolute atomic E-state index is 11.1. The number of carbonyl (C=O) groups is 1. The maximum Gasteiger partial charge on any atom is 0.221 e. The van der Waals surface area contributed by atoms with Gasteiger partial charge in [-0.3, -0.25) is 9.69 Å². The number of anilines is 1. The molecule has 4 nitrogen and oxygen atoms in total. The van der Waals surface area contributed by atoms with E-state index in [1.54, 1.807) is 0 Å². The molecule has 1 fully saturated rings. The summed E-state index contributed by atoms with van der Waals surface area (Å²) in [6.45, 7) is 2.75. The lowest BCUT2D eigenvalue weighted by Gasteiger charge is -2.34. The van der Waals surface area contributed by atoms with Crippen molar-refractivity contribution in [1.82, 2.24) is 4.90 Å². The summed E-state index contributed by atoms with van der Waals surface area (Å²) in [5, 5.41) is 12.0. The van der Waals surface area contributed by atoms with Crippen molar-refractivity contribution < 1.29 is 9.90 Å². The van der Waals surface area contributed by atoms with Crippen molar-refractivity contribution in [2.24, 2.45) is 5.92 Å². The second kappa shape index (κ2) is 7.57. The molecule has 1 saturated carbocycles. The minimum Gasteiger partial charge on any atom is -0.396 e. The zero-order chi connectivity index (χ0) is 15.2. The van der Waals surface area contributed by atoms with E-state index in [2.05, 4.69) is 23.3 Å². The number of nitrogens with zero attached hydrogens (tertiary/aromatic N) is 1. The molecule has 0 unspecified atom stereocenters. The van der Waals surface area contributed by atoms with Crippen LogP contribution in [0.25, 0.3) is 0 Å². The van der Waals surface area contributed by atoms with Gasteiger partial charge in [-0.1, -0.05) is 12.1 Å². The van der Waals surface area contributed by atoms with Crippen LogP contribution in [0, 0.1) is 5.92 Å². The van der Waals surface area contributed by atoms with Crippen molar-refractivity contribution in [3.8, 4) is 0 Å². The first-order valence-corrected chi connectivity index (χ1v) is 7.76. The molecule has 0 bridgehead atoms. The second-order valence-electron chi connectivity index (χ2n) is 6.15. The molecule has 0 heterocycles. The molecule has 0 spiro atoms. The van der Waals surface area contributed by atoms with E-state index in [-0.39, 0.29) is 5.91 Å². The van der Waals surface area contributed by atoms with E-state index in [1.165, 1.54) is 12.5 Å². The van der Waals surface area contributed by atoms with E-state index in [1.807, 2.05) is 18.2 Å². The van der Waals surface area contributed by atoms with Crippen LogP contribution in [-0.4, -0.2) is 35.6 Å². The van der Waals surface area contributed by atoms with Crippen molar-refractivity contribution in [3.05, 3.63) is 29.8 Å². The highest BCUT2D eigenvalue weighted by molar-refractivity contribution is 5.88. The summed E-state index contributed by atoms with van der Waals surface area (Å²) in [6.07, 6.45) is 4.56. The van der Waals surface area contributed by atoms with E-state index >= 15 is 0 Å². The molecule has 116 valence electrons. The molecule has 2 rings (SSSR count). The summed E-state index contributed by atoms with van der Waals surface area (Å²) in [5.41, 5.74) is 2.07. The van der Waals surface area contributed by atoms with Gasteiger partial charge in [0.05, 0.1) is 0 Å². The highest BCUT2D eigenvalue weighted by Crippen LogP contribution is 2.27. The third-order valence-corrected chi connectivity index (χ3v) is 4.38. The van der Waals surface area contributed by atoms with Gasteiger partial charge in [-0.15, -0.1) is 0 Å². The topological polar surface area (TPSA) is 52.6 Å². The van der Waals surface area contributed by atoms with Crippen LogP contribution in [0.3, 0.4) is 0 Å². The number of hydrogen-bond donors (Lipinski definition) is 2. The number of nitrogens with one attached hydrogen (secondary N) is 1. The molecule has 0 aliphatic heterocycles. The monoisotopic (exact) mass is 290 g/mol. The zero-order valence-corrected chi connectivity index (χ0v) is 13.0. The Hall–Kier alpha value is -1.39. The van der Waals surface area contributed by atoms with Gasteiger partial charge in [-0.05, 0) is 56.3 Å². The molecule has 0 atom stereocenters. The van der Waals surface area contributed by atoms with Crippen LogP contribution in [0.4, 0.5) is 5.69 Å².